The lowest BCUT2D eigenvalue weighted by Gasteiger charge is -2.29. The van der Waals surface area contributed by atoms with Crippen LogP contribution in [0.1, 0.15) is 38.8 Å². The van der Waals surface area contributed by atoms with Gasteiger partial charge in [-0.3, -0.25) is 0 Å². The molecule has 1 aromatic carbocycles. The van der Waals surface area contributed by atoms with E-state index in [9.17, 15) is 14.0 Å². The third kappa shape index (κ3) is 3.90. The molecule has 23 heavy (non-hydrogen) atoms. The number of amides is 2. The second-order valence-corrected chi connectivity index (χ2v) is 6.22. The minimum atomic E-state index is -0.697. The van der Waals surface area contributed by atoms with E-state index in [1.807, 2.05) is 6.92 Å². The predicted molar refractivity (Wildman–Crippen MR) is 87.1 cm³/mol. The lowest BCUT2D eigenvalue weighted by atomic mass is 9.95. The highest BCUT2D eigenvalue weighted by atomic mass is 79.9. The minimum Gasteiger partial charge on any atom is -0.459 e. The van der Waals surface area contributed by atoms with Crippen molar-refractivity contribution in [2.24, 2.45) is 0 Å². The molecule has 2 rings (SSSR count). The van der Waals surface area contributed by atoms with Gasteiger partial charge in [0.05, 0.1) is 22.2 Å². The van der Waals surface area contributed by atoms with E-state index >= 15 is 0 Å². The van der Waals surface area contributed by atoms with Crippen LogP contribution in [0.25, 0.3) is 0 Å². The predicted octanol–water partition coefficient (Wildman–Crippen LogP) is 3.56. The first-order valence-corrected chi connectivity index (χ1v) is 8.07. The summed E-state index contributed by atoms with van der Waals surface area (Å²) in [5.74, 6) is -0.923. The summed E-state index contributed by atoms with van der Waals surface area (Å²) in [6, 6.07) is 3.22. The average Bonchev–Trinajstić information content (AvgIpc) is 2.48. The van der Waals surface area contributed by atoms with Gasteiger partial charge in [-0.25, -0.2) is 14.0 Å². The highest BCUT2D eigenvalue weighted by Crippen LogP contribution is 2.30. The summed E-state index contributed by atoms with van der Waals surface area (Å²) < 4.78 is 19.1. The Hall–Kier alpha value is -1.89. The van der Waals surface area contributed by atoms with E-state index in [1.54, 1.807) is 13.8 Å². The van der Waals surface area contributed by atoms with Gasteiger partial charge in [0.25, 0.3) is 0 Å². The van der Waals surface area contributed by atoms with Gasteiger partial charge < -0.3 is 15.4 Å². The number of ether oxygens (including phenoxy) is 1. The topological polar surface area (TPSA) is 67.4 Å². The van der Waals surface area contributed by atoms with Gasteiger partial charge in [-0.15, -0.1) is 0 Å². The number of rotatable bonds is 4. The fraction of sp³-hybridized carbons (Fsp3) is 0.375. The number of urea groups is 1. The van der Waals surface area contributed by atoms with Crippen LogP contribution in [0.3, 0.4) is 0 Å². The van der Waals surface area contributed by atoms with Crippen molar-refractivity contribution in [3.8, 4) is 0 Å². The summed E-state index contributed by atoms with van der Waals surface area (Å²) in [5.41, 5.74) is 1.32. The van der Waals surface area contributed by atoms with Gasteiger partial charge in [-0.05, 0) is 53.9 Å². The first-order chi connectivity index (χ1) is 10.8. The van der Waals surface area contributed by atoms with Crippen molar-refractivity contribution in [1.29, 1.82) is 0 Å². The zero-order valence-electron chi connectivity index (χ0n) is 13.1. The smallest absolute Gasteiger partial charge is 0.338 e. The number of carbonyl (C=O) groups excluding carboxylic acids is 2. The molecular formula is C16H18BrFN2O3. The Morgan fingerprint density at radius 2 is 2.17 bits per heavy atom. The van der Waals surface area contributed by atoms with Crippen LogP contribution in [0.2, 0.25) is 0 Å². The number of carbonyl (C=O) groups is 2. The molecule has 0 aromatic heterocycles. The molecule has 5 nitrogen and oxygen atoms in total. The number of hydrogen-bond acceptors (Lipinski definition) is 3. The Balaban J connectivity index is 2.41. The number of halogens is 2. The third-order valence-electron chi connectivity index (χ3n) is 3.65. The molecule has 0 spiro atoms. The summed E-state index contributed by atoms with van der Waals surface area (Å²) in [7, 11) is 0. The summed E-state index contributed by atoms with van der Waals surface area (Å²) in [6.45, 7) is 5.35. The largest absolute Gasteiger partial charge is 0.459 e. The molecule has 124 valence electrons. The Labute approximate surface area is 142 Å². The lowest BCUT2D eigenvalue weighted by molar-refractivity contribution is -0.144. The highest BCUT2D eigenvalue weighted by molar-refractivity contribution is 9.10. The van der Waals surface area contributed by atoms with Gasteiger partial charge >= 0.3 is 12.0 Å². The molecule has 1 aliphatic rings. The van der Waals surface area contributed by atoms with Crippen LogP contribution >= 0.6 is 15.9 Å². The van der Waals surface area contributed by atoms with Crippen LogP contribution in [0.4, 0.5) is 9.18 Å². The van der Waals surface area contributed by atoms with Crippen molar-refractivity contribution in [2.75, 3.05) is 0 Å². The third-order valence-corrected chi connectivity index (χ3v) is 4.26. The van der Waals surface area contributed by atoms with Crippen LogP contribution in [0, 0.1) is 5.82 Å². The van der Waals surface area contributed by atoms with E-state index in [1.165, 1.54) is 18.2 Å². The normalized spacial score (nSPS) is 19.0. The summed E-state index contributed by atoms with van der Waals surface area (Å²) >= 11 is 3.12. The van der Waals surface area contributed by atoms with Crippen molar-refractivity contribution in [1.82, 2.24) is 10.6 Å². The van der Waals surface area contributed by atoms with Crippen LogP contribution in [-0.4, -0.2) is 18.1 Å². The quantitative estimate of drug-likeness (QED) is 0.779. The Bertz CT molecular complexity index is 675. The molecule has 2 N–H and O–H groups in total. The first kappa shape index (κ1) is 17.5. The van der Waals surface area contributed by atoms with E-state index in [2.05, 4.69) is 26.6 Å². The maximum absolute atomic E-state index is 13.4. The summed E-state index contributed by atoms with van der Waals surface area (Å²) in [6.07, 6.45) is 0.450. The molecule has 2 amide bonds. The van der Waals surface area contributed by atoms with E-state index < -0.39 is 23.9 Å². The molecule has 2 atom stereocenters. The minimum absolute atomic E-state index is 0.235. The van der Waals surface area contributed by atoms with Crippen LogP contribution < -0.4 is 10.6 Å². The monoisotopic (exact) mass is 384 g/mol. The number of hydrogen-bond donors (Lipinski definition) is 2. The SMILES string of the molecule is CC[C@@H](C)OC(=O)C1=C(C)NC(=O)N[C@@H]1c1ccc(F)c(Br)c1. The second-order valence-electron chi connectivity index (χ2n) is 5.37. The summed E-state index contributed by atoms with van der Waals surface area (Å²) in [4.78, 5) is 24.2. The van der Waals surface area contributed by atoms with E-state index in [0.29, 0.717) is 23.3 Å². The van der Waals surface area contributed by atoms with Crippen molar-refractivity contribution >= 4 is 27.9 Å². The van der Waals surface area contributed by atoms with Gasteiger partial charge in [0.1, 0.15) is 5.82 Å². The van der Waals surface area contributed by atoms with Gasteiger partial charge in [0.15, 0.2) is 0 Å². The van der Waals surface area contributed by atoms with E-state index in [4.69, 9.17) is 4.74 Å². The number of nitrogens with one attached hydrogen (secondary N) is 2. The van der Waals surface area contributed by atoms with Gasteiger partial charge in [-0.1, -0.05) is 13.0 Å². The average molecular weight is 385 g/mol. The Kier molecular flexibility index (Phi) is 5.41. The molecule has 0 fully saturated rings. The van der Waals surface area contributed by atoms with E-state index in [-0.39, 0.29) is 10.6 Å². The maximum Gasteiger partial charge on any atom is 0.338 e. The zero-order chi connectivity index (χ0) is 17.1. The second kappa shape index (κ2) is 7.12. The number of benzene rings is 1. The highest BCUT2D eigenvalue weighted by Gasteiger charge is 2.33. The molecule has 1 aliphatic heterocycles. The molecule has 0 saturated carbocycles. The zero-order valence-corrected chi connectivity index (χ0v) is 14.7. The summed E-state index contributed by atoms with van der Waals surface area (Å²) in [5, 5.41) is 5.25. The lowest BCUT2D eigenvalue weighted by Crippen LogP contribution is -2.45. The van der Waals surface area contributed by atoms with Crippen LogP contribution in [0.5, 0.6) is 0 Å². The molecule has 0 aliphatic carbocycles. The van der Waals surface area contributed by atoms with E-state index in [0.717, 1.165) is 0 Å². The van der Waals surface area contributed by atoms with Crippen molar-refractivity contribution in [2.45, 2.75) is 39.3 Å². The number of allylic oxidation sites excluding steroid dienone is 1. The Morgan fingerprint density at radius 3 is 2.78 bits per heavy atom. The van der Waals surface area contributed by atoms with Crippen molar-refractivity contribution < 1.29 is 18.7 Å². The molecular weight excluding hydrogens is 367 g/mol. The van der Waals surface area contributed by atoms with Crippen LogP contribution in [0.15, 0.2) is 33.9 Å². The maximum atomic E-state index is 13.4. The molecule has 1 heterocycles. The van der Waals surface area contributed by atoms with Crippen molar-refractivity contribution in [3.05, 3.63) is 45.3 Å². The number of esters is 1. The Morgan fingerprint density at radius 1 is 1.48 bits per heavy atom. The van der Waals surface area contributed by atoms with Gasteiger partial charge in [0, 0.05) is 5.70 Å². The fourth-order valence-electron chi connectivity index (χ4n) is 2.24. The van der Waals surface area contributed by atoms with Crippen LogP contribution in [-0.2, 0) is 9.53 Å². The standard InChI is InChI=1S/C16H18BrFN2O3/c1-4-8(2)23-15(21)13-9(3)19-16(22)20-14(13)10-5-6-12(18)11(17)7-10/h5-8,14H,4H2,1-3H3,(H2,19,20,22)/t8-,14-/m1/s1. The molecule has 0 bridgehead atoms. The molecule has 7 heteroatoms. The molecule has 0 saturated heterocycles. The van der Waals surface area contributed by atoms with Gasteiger partial charge in [-0.2, -0.15) is 0 Å². The molecule has 0 unspecified atom stereocenters. The fourth-order valence-corrected chi connectivity index (χ4v) is 2.63. The van der Waals surface area contributed by atoms with Crippen molar-refractivity contribution in [3.63, 3.8) is 0 Å². The molecule has 0 radical (unpaired) electrons. The van der Waals surface area contributed by atoms with Gasteiger partial charge in [0.2, 0.25) is 0 Å². The molecule has 1 aromatic rings. The first-order valence-electron chi connectivity index (χ1n) is 7.27.